The number of pyridine rings is 2. The SMILES string of the molecule is O=C(O)C(F)(F)F.O=C(O)C(F)(F)F.O=C(O)C(F)(F)F.O=S1(=O)c2cccnc2OC2CN(Cc3nccs3)CC2N1Cc1ccccn1. The Morgan fingerprint density at radius 3 is 1.78 bits per heavy atom. The van der Waals surface area contributed by atoms with Gasteiger partial charge >= 0.3 is 36.4 Å². The maximum Gasteiger partial charge on any atom is 0.490 e. The number of rotatable bonds is 4. The Kier molecular flexibility index (Phi) is 14.0. The number of carbonyl (C=O) groups is 3. The van der Waals surface area contributed by atoms with Crippen molar-refractivity contribution in [1.29, 1.82) is 0 Å². The first-order chi connectivity index (χ1) is 22.9. The molecule has 3 aromatic heterocycles. The summed E-state index contributed by atoms with van der Waals surface area (Å²) in [6.45, 7) is 2.02. The van der Waals surface area contributed by atoms with E-state index in [-0.39, 0.29) is 29.5 Å². The Morgan fingerprint density at radius 1 is 0.780 bits per heavy atom. The number of halogens is 9. The highest BCUT2D eigenvalue weighted by atomic mass is 32.2. The molecule has 0 radical (unpaired) electrons. The number of likely N-dealkylation sites (tertiary alicyclic amines) is 1. The van der Waals surface area contributed by atoms with Crippen molar-refractivity contribution >= 4 is 39.3 Å². The zero-order valence-electron chi connectivity index (χ0n) is 24.4. The van der Waals surface area contributed by atoms with E-state index in [1.807, 2.05) is 23.6 Å². The molecule has 25 heteroatoms. The van der Waals surface area contributed by atoms with E-state index in [1.165, 1.54) is 4.31 Å². The van der Waals surface area contributed by atoms with Gasteiger partial charge in [0, 0.05) is 37.1 Å². The van der Waals surface area contributed by atoms with Crippen LogP contribution in [0.4, 0.5) is 39.5 Å². The number of hydrogen-bond donors (Lipinski definition) is 3. The first-order valence-corrected chi connectivity index (χ1v) is 15.3. The topological polar surface area (TPSA) is 200 Å². The predicted molar refractivity (Wildman–Crippen MR) is 148 cm³/mol. The number of sulfonamides is 1. The van der Waals surface area contributed by atoms with E-state index >= 15 is 0 Å². The van der Waals surface area contributed by atoms with Gasteiger partial charge in [-0.15, -0.1) is 11.3 Å². The van der Waals surface area contributed by atoms with Crippen LogP contribution in [0.3, 0.4) is 0 Å². The molecule has 0 bridgehead atoms. The zero-order chi connectivity index (χ0) is 38.1. The minimum Gasteiger partial charge on any atom is -0.475 e. The van der Waals surface area contributed by atoms with Gasteiger partial charge in [-0.2, -0.15) is 43.8 Å². The van der Waals surface area contributed by atoms with E-state index in [0.717, 1.165) is 5.01 Å². The number of ether oxygens (including phenoxy) is 1. The Hall–Kier alpha value is -4.62. The minimum absolute atomic E-state index is 0.108. The molecule has 1 saturated heterocycles. The first kappa shape index (κ1) is 41.6. The lowest BCUT2D eigenvalue weighted by molar-refractivity contribution is -0.193. The van der Waals surface area contributed by atoms with Gasteiger partial charge in [-0.25, -0.2) is 32.8 Å². The number of thiazole rings is 1. The van der Waals surface area contributed by atoms with Crippen molar-refractivity contribution in [3.63, 3.8) is 0 Å². The Bertz CT molecular complexity index is 1640. The summed E-state index contributed by atoms with van der Waals surface area (Å²) in [5, 5.41) is 24.3. The van der Waals surface area contributed by atoms with E-state index in [2.05, 4.69) is 19.9 Å². The van der Waals surface area contributed by atoms with E-state index in [4.69, 9.17) is 34.4 Å². The van der Waals surface area contributed by atoms with E-state index in [0.29, 0.717) is 25.3 Å². The third-order valence-corrected chi connectivity index (χ3v) is 8.53. The van der Waals surface area contributed by atoms with Gasteiger partial charge in [-0.3, -0.25) is 9.88 Å². The standard InChI is InChI=1S/C19H19N5O3S2.3C2HF3O2/c25-29(26)17-5-3-7-22-19(17)27-16-12-23(13-18-21-8-9-28-18)11-15(16)24(29)10-14-4-1-2-6-20-14;3*3-2(4,5)1(6)7/h1-9,15-16H,10-13H2;3*(H,6,7). The van der Waals surface area contributed by atoms with Crippen LogP contribution in [-0.4, -0.2) is 110 Å². The second-order valence-electron chi connectivity index (χ2n) is 9.43. The summed E-state index contributed by atoms with van der Waals surface area (Å²) >= 11 is 1.59. The first-order valence-electron chi connectivity index (χ1n) is 13.0. The van der Waals surface area contributed by atoms with Gasteiger partial charge in [0.15, 0.2) is 0 Å². The molecule has 14 nitrogen and oxygen atoms in total. The molecule has 0 aliphatic carbocycles. The molecule has 5 rings (SSSR count). The van der Waals surface area contributed by atoms with Crippen LogP contribution in [0.1, 0.15) is 10.7 Å². The Morgan fingerprint density at radius 2 is 1.32 bits per heavy atom. The summed E-state index contributed by atoms with van der Waals surface area (Å²) in [6, 6.07) is 8.35. The lowest BCUT2D eigenvalue weighted by Crippen LogP contribution is -2.46. The summed E-state index contributed by atoms with van der Waals surface area (Å²) in [5.41, 5.74) is 0.695. The third-order valence-electron chi connectivity index (χ3n) is 5.88. The van der Waals surface area contributed by atoms with Gasteiger partial charge in [-0.05, 0) is 24.3 Å². The summed E-state index contributed by atoms with van der Waals surface area (Å²) in [4.78, 5) is 41.9. The number of carboxylic acids is 3. The summed E-state index contributed by atoms with van der Waals surface area (Å²) in [5.74, 6) is -8.10. The molecular formula is C25H22F9N5O9S2. The fraction of sp³-hybridized carbons (Fsp3) is 0.360. The van der Waals surface area contributed by atoms with Crippen molar-refractivity contribution in [3.05, 3.63) is 65.0 Å². The van der Waals surface area contributed by atoms with Crippen molar-refractivity contribution in [3.8, 4) is 5.88 Å². The van der Waals surface area contributed by atoms with Gasteiger partial charge in [0.1, 0.15) is 16.0 Å². The van der Waals surface area contributed by atoms with Gasteiger partial charge in [0.25, 0.3) is 0 Å². The van der Waals surface area contributed by atoms with Crippen LogP contribution in [0.5, 0.6) is 5.88 Å². The van der Waals surface area contributed by atoms with Crippen molar-refractivity contribution < 1.29 is 82.4 Å². The molecule has 2 aliphatic heterocycles. The van der Waals surface area contributed by atoms with Crippen molar-refractivity contribution in [2.45, 2.75) is 48.7 Å². The van der Waals surface area contributed by atoms with Crippen LogP contribution < -0.4 is 4.74 Å². The van der Waals surface area contributed by atoms with Gasteiger partial charge in [-0.1, -0.05) is 6.07 Å². The number of aromatic nitrogens is 3. The summed E-state index contributed by atoms with van der Waals surface area (Å²) < 4.78 is 130. The second-order valence-corrected chi connectivity index (χ2v) is 12.3. The van der Waals surface area contributed by atoms with Crippen LogP contribution in [0.15, 0.2) is 59.2 Å². The average Bonchev–Trinajstić information content (AvgIpc) is 3.64. The molecule has 3 N–H and O–H groups in total. The van der Waals surface area contributed by atoms with Crippen molar-refractivity contribution in [2.75, 3.05) is 13.1 Å². The van der Waals surface area contributed by atoms with Crippen LogP contribution in [0.25, 0.3) is 0 Å². The Labute approximate surface area is 278 Å². The molecule has 3 aromatic rings. The van der Waals surface area contributed by atoms with Gasteiger partial charge < -0.3 is 20.1 Å². The summed E-state index contributed by atoms with van der Waals surface area (Å²) in [7, 11) is -3.79. The normalized spacial score (nSPS) is 18.5. The quantitative estimate of drug-likeness (QED) is 0.325. The lowest BCUT2D eigenvalue weighted by Gasteiger charge is -2.27. The molecule has 2 aliphatic rings. The minimum atomic E-state index is -5.08. The number of nitrogens with zero attached hydrogens (tertiary/aromatic N) is 5. The number of alkyl halides is 9. The molecule has 0 amide bonds. The molecule has 50 heavy (non-hydrogen) atoms. The van der Waals surface area contributed by atoms with Crippen LogP contribution in [-0.2, 0) is 37.5 Å². The van der Waals surface area contributed by atoms with E-state index < -0.39 is 46.5 Å². The van der Waals surface area contributed by atoms with Gasteiger partial charge in [0.05, 0.1) is 24.8 Å². The lowest BCUT2D eigenvalue weighted by atomic mass is 10.2. The number of carboxylic acid groups (broad SMARTS) is 3. The molecule has 0 spiro atoms. The monoisotopic (exact) mass is 771 g/mol. The molecule has 2 atom stereocenters. The molecule has 1 fully saturated rings. The largest absolute Gasteiger partial charge is 0.490 e. The van der Waals surface area contributed by atoms with E-state index in [1.54, 1.807) is 42.1 Å². The molecular weight excluding hydrogens is 749 g/mol. The van der Waals surface area contributed by atoms with Gasteiger partial charge in [0.2, 0.25) is 15.9 Å². The number of fused-ring (bicyclic) bond motifs is 2. The molecule has 2 unspecified atom stereocenters. The van der Waals surface area contributed by atoms with Crippen molar-refractivity contribution in [1.82, 2.24) is 24.2 Å². The molecule has 0 saturated carbocycles. The smallest absolute Gasteiger partial charge is 0.475 e. The zero-order valence-corrected chi connectivity index (χ0v) is 26.1. The fourth-order valence-electron chi connectivity index (χ4n) is 3.84. The van der Waals surface area contributed by atoms with E-state index in [9.17, 15) is 47.9 Å². The van der Waals surface area contributed by atoms with Crippen LogP contribution in [0.2, 0.25) is 0 Å². The Balaban J connectivity index is 0.000000338. The maximum absolute atomic E-state index is 13.5. The van der Waals surface area contributed by atoms with Crippen LogP contribution in [0, 0.1) is 0 Å². The highest BCUT2D eigenvalue weighted by Crippen LogP contribution is 2.36. The maximum atomic E-state index is 13.5. The average molecular weight is 772 g/mol. The fourth-order valence-corrected chi connectivity index (χ4v) is 6.18. The highest BCUT2D eigenvalue weighted by Gasteiger charge is 2.48. The van der Waals surface area contributed by atoms with Crippen LogP contribution >= 0.6 is 11.3 Å². The molecule has 5 heterocycles. The number of aliphatic carboxylic acids is 3. The summed E-state index contributed by atoms with van der Waals surface area (Å²) in [6.07, 6.45) is -10.6. The highest BCUT2D eigenvalue weighted by molar-refractivity contribution is 7.89. The predicted octanol–water partition coefficient (Wildman–Crippen LogP) is 3.67. The molecule has 276 valence electrons. The van der Waals surface area contributed by atoms with Crippen molar-refractivity contribution in [2.24, 2.45) is 0 Å². The second kappa shape index (κ2) is 16.9. The molecule has 0 aromatic carbocycles. The third kappa shape index (κ3) is 12.4. The number of hydrogen-bond acceptors (Lipinski definition) is 11.